The monoisotopic (exact) mass is 217 g/mol. The Morgan fingerprint density at radius 2 is 2.13 bits per heavy atom. The molecule has 0 aliphatic carbocycles. The van der Waals surface area contributed by atoms with Gasteiger partial charge in [-0.25, -0.2) is 5.84 Å². The third-order valence-corrected chi connectivity index (χ3v) is 2.37. The largest absolute Gasteiger partial charge is 0.396 e. The van der Waals surface area contributed by atoms with Gasteiger partial charge in [0.1, 0.15) is 0 Å². The topological polar surface area (TPSA) is 78.6 Å². The van der Waals surface area contributed by atoms with Crippen molar-refractivity contribution < 1.29 is 9.90 Å². The molecule has 0 aliphatic heterocycles. The number of hydrogen-bond acceptors (Lipinski definition) is 4. The predicted molar refractivity (Wildman–Crippen MR) is 59.9 cm³/mol. The number of nitrogens with zero attached hydrogens (tertiary/aromatic N) is 1. The third kappa shape index (κ3) is 7.30. The van der Waals surface area contributed by atoms with E-state index < -0.39 is 0 Å². The van der Waals surface area contributed by atoms with Gasteiger partial charge in [-0.3, -0.25) is 10.2 Å². The molecule has 1 amide bonds. The summed E-state index contributed by atoms with van der Waals surface area (Å²) in [6.45, 7) is 3.77. The molecule has 1 atom stereocenters. The summed E-state index contributed by atoms with van der Waals surface area (Å²) < 4.78 is 0. The highest BCUT2D eigenvalue weighted by Gasteiger charge is 2.13. The molecule has 5 nitrogen and oxygen atoms in total. The fourth-order valence-corrected chi connectivity index (χ4v) is 1.45. The average molecular weight is 217 g/mol. The number of carbonyl (C=O) groups excluding carboxylic acids is 1. The van der Waals surface area contributed by atoms with Gasteiger partial charge < -0.3 is 10.0 Å². The number of unbranched alkanes of at least 4 members (excludes halogenated alkanes) is 2. The Hall–Kier alpha value is -0.650. The van der Waals surface area contributed by atoms with Gasteiger partial charge in [0.05, 0.1) is 0 Å². The molecule has 0 fully saturated rings. The van der Waals surface area contributed by atoms with E-state index in [2.05, 4.69) is 10.3 Å². The molecule has 0 bridgehead atoms. The normalized spacial score (nSPS) is 12.9. The summed E-state index contributed by atoms with van der Waals surface area (Å²) in [5, 5.41) is 8.60. The standard InChI is InChI=1S/C10H23N3O2/c1-9(10(15)12-11)8-13(2)6-4-3-5-7-14/h9,14H,3-8,11H2,1-2H3,(H,12,15). The van der Waals surface area contributed by atoms with E-state index in [0.717, 1.165) is 25.8 Å². The quantitative estimate of drug-likeness (QED) is 0.226. The van der Waals surface area contributed by atoms with Crippen molar-refractivity contribution >= 4 is 5.91 Å². The first-order chi connectivity index (χ1) is 7.11. The number of nitrogens with two attached hydrogens (primary N) is 1. The van der Waals surface area contributed by atoms with E-state index in [1.165, 1.54) is 0 Å². The molecule has 0 rings (SSSR count). The Bertz CT molecular complexity index is 176. The molecular formula is C10H23N3O2. The Labute approximate surface area is 91.6 Å². The molecular weight excluding hydrogens is 194 g/mol. The zero-order valence-corrected chi connectivity index (χ0v) is 9.70. The molecule has 0 aromatic carbocycles. The number of aliphatic hydroxyl groups is 1. The molecule has 0 aliphatic rings. The SMILES string of the molecule is CC(CN(C)CCCCCO)C(=O)NN. The van der Waals surface area contributed by atoms with Gasteiger partial charge in [0.15, 0.2) is 0 Å². The summed E-state index contributed by atoms with van der Waals surface area (Å²) in [4.78, 5) is 13.2. The minimum absolute atomic E-state index is 0.0853. The number of carbonyl (C=O) groups is 1. The highest BCUT2D eigenvalue weighted by molar-refractivity contribution is 5.77. The van der Waals surface area contributed by atoms with Crippen molar-refractivity contribution in [2.24, 2.45) is 11.8 Å². The van der Waals surface area contributed by atoms with Crippen molar-refractivity contribution in [3.63, 3.8) is 0 Å². The first-order valence-corrected chi connectivity index (χ1v) is 5.41. The molecule has 0 saturated heterocycles. The number of aliphatic hydroxyl groups excluding tert-OH is 1. The van der Waals surface area contributed by atoms with E-state index in [4.69, 9.17) is 10.9 Å². The first-order valence-electron chi connectivity index (χ1n) is 5.41. The second kappa shape index (κ2) is 8.64. The Balaban J connectivity index is 3.55. The van der Waals surface area contributed by atoms with Gasteiger partial charge >= 0.3 is 0 Å². The predicted octanol–water partition coefficient (Wildman–Crippen LogP) is -0.293. The summed E-state index contributed by atoms with van der Waals surface area (Å²) >= 11 is 0. The van der Waals surface area contributed by atoms with Gasteiger partial charge in [-0.2, -0.15) is 0 Å². The van der Waals surface area contributed by atoms with Crippen LogP contribution in [0.25, 0.3) is 0 Å². The van der Waals surface area contributed by atoms with Crippen molar-refractivity contribution in [3.8, 4) is 0 Å². The second-order valence-corrected chi connectivity index (χ2v) is 3.96. The van der Waals surface area contributed by atoms with Crippen LogP contribution in [-0.4, -0.2) is 42.7 Å². The molecule has 0 spiro atoms. The van der Waals surface area contributed by atoms with Gasteiger partial charge in [-0.1, -0.05) is 6.92 Å². The van der Waals surface area contributed by atoms with Crippen LogP contribution in [0.4, 0.5) is 0 Å². The molecule has 4 N–H and O–H groups in total. The molecule has 0 heterocycles. The Morgan fingerprint density at radius 1 is 1.47 bits per heavy atom. The number of nitrogens with one attached hydrogen (secondary N) is 1. The minimum atomic E-state index is -0.128. The number of amides is 1. The van der Waals surface area contributed by atoms with E-state index in [9.17, 15) is 4.79 Å². The highest BCUT2D eigenvalue weighted by atomic mass is 16.2. The zero-order valence-electron chi connectivity index (χ0n) is 9.70. The van der Waals surface area contributed by atoms with E-state index >= 15 is 0 Å². The first kappa shape index (κ1) is 14.3. The van der Waals surface area contributed by atoms with Crippen LogP contribution in [0.5, 0.6) is 0 Å². The Kier molecular flexibility index (Phi) is 8.27. The molecule has 1 unspecified atom stereocenters. The van der Waals surface area contributed by atoms with E-state index in [0.29, 0.717) is 6.54 Å². The van der Waals surface area contributed by atoms with Gasteiger partial charge in [0.2, 0.25) is 5.91 Å². The molecule has 15 heavy (non-hydrogen) atoms. The van der Waals surface area contributed by atoms with E-state index in [1.807, 2.05) is 14.0 Å². The smallest absolute Gasteiger partial charge is 0.237 e. The molecule has 5 heteroatoms. The summed E-state index contributed by atoms with van der Waals surface area (Å²) in [5.41, 5.74) is 2.15. The lowest BCUT2D eigenvalue weighted by Crippen LogP contribution is -2.39. The van der Waals surface area contributed by atoms with E-state index in [-0.39, 0.29) is 18.4 Å². The average Bonchev–Trinajstić information content (AvgIpc) is 2.23. The van der Waals surface area contributed by atoms with Gasteiger partial charge in [0, 0.05) is 19.1 Å². The molecule has 0 saturated carbocycles. The maximum Gasteiger partial charge on any atom is 0.237 e. The van der Waals surface area contributed by atoms with Crippen LogP contribution in [0.2, 0.25) is 0 Å². The van der Waals surface area contributed by atoms with Crippen LogP contribution in [0, 0.1) is 5.92 Å². The fraction of sp³-hybridized carbons (Fsp3) is 0.900. The lowest BCUT2D eigenvalue weighted by molar-refractivity contribution is -0.125. The second-order valence-electron chi connectivity index (χ2n) is 3.96. The lowest BCUT2D eigenvalue weighted by atomic mass is 10.1. The van der Waals surface area contributed by atoms with Gasteiger partial charge in [0.25, 0.3) is 0 Å². The summed E-state index contributed by atoms with van der Waals surface area (Å²) in [5.74, 6) is 4.83. The van der Waals surface area contributed by atoms with Crippen LogP contribution in [-0.2, 0) is 4.79 Å². The van der Waals surface area contributed by atoms with Crippen molar-refractivity contribution in [1.82, 2.24) is 10.3 Å². The molecule has 0 aromatic rings. The lowest BCUT2D eigenvalue weighted by Gasteiger charge is -2.19. The van der Waals surface area contributed by atoms with Crippen LogP contribution in [0.3, 0.4) is 0 Å². The summed E-state index contributed by atoms with van der Waals surface area (Å²) in [6, 6.07) is 0. The zero-order chi connectivity index (χ0) is 11.7. The Morgan fingerprint density at radius 3 is 2.67 bits per heavy atom. The van der Waals surface area contributed by atoms with Crippen LogP contribution in [0.15, 0.2) is 0 Å². The van der Waals surface area contributed by atoms with Crippen molar-refractivity contribution in [2.75, 3.05) is 26.7 Å². The molecule has 0 aromatic heterocycles. The maximum atomic E-state index is 11.1. The van der Waals surface area contributed by atoms with Crippen LogP contribution in [0.1, 0.15) is 26.2 Å². The summed E-state index contributed by atoms with van der Waals surface area (Å²) in [7, 11) is 1.99. The molecule has 90 valence electrons. The number of hydrazine groups is 1. The van der Waals surface area contributed by atoms with E-state index in [1.54, 1.807) is 0 Å². The highest BCUT2D eigenvalue weighted by Crippen LogP contribution is 2.01. The van der Waals surface area contributed by atoms with Gasteiger partial charge in [-0.05, 0) is 32.9 Å². The maximum absolute atomic E-state index is 11.1. The molecule has 0 radical (unpaired) electrons. The van der Waals surface area contributed by atoms with Crippen molar-refractivity contribution in [2.45, 2.75) is 26.2 Å². The minimum Gasteiger partial charge on any atom is -0.396 e. The third-order valence-electron chi connectivity index (χ3n) is 2.37. The van der Waals surface area contributed by atoms with Crippen molar-refractivity contribution in [1.29, 1.82) is 0 Å². The summed E-state index contributed by atoms with van der Waals surface area (Å²) in [6.07, 6.45) is 2.93. The van der Waals surface area contributed by atoms with Crippen LogP contribution >= 0.6 is 0 Å². The van der Waals surface area contributed by atoms with Gasteiger partial charge in [-0.15, -0.1) is 0 Å². The van der Waals surface area contributed by atoms with Crippen molar-refractivity contribution in [3.05, 3.63) is 0 Å². The number of hydrogen-bond donors (Lipinski definition) is 3. The fourth-order valence-electron chi connectivity index (χ4n) is 1.45. The number of rotatable bonds is 8. The van der Waals surface area contributed by atoms with Crippen LogP contribution < -0.4 is 11.3 Å².